The first-order valence-electron chi connectivity index (χ1n) is 8.06. The molecule has 2 aromatic carbocycles. The van der Waals surface area contributed by atoms with E-state index in [4.69, 9.17) is 4.74 Å². The highest BCUT2D eigenvalue weighted by molar-refractivity contribution is 5.50. The molecule has 140 valence electrons. The zero-order valence-electron chi connectivity index (χ0n) is 13.7. The number of alkyl halides is 3. The van der Waals surface area contributed by atoms with E-state index in [1.807, 2.05) is 4.90 Å². The summed E-state index contributed by atoms with van der Waals surface area (Å²) in [5.74, 6) is -0.455. The average Bonchev–Trinajstić information content (AvgIpc) is 2.56. The monoisotopic (exact) mass is 371 g/mol. The van der Waals surface area contributed by atoms with Crippen molar-refractivity contribution in [2.75, 3.05) is 18.0 Å². The van der Waals surface area contributed by atoms with Gasteiger partial charge in [0.25, 0.3) is 0 Å². The Balaban J connectivity index is 1.54. The minimum absolute atomic E-state index is 0.110. The van der Waals surface area contributed by atoms with Gasteiger partial charge in [0.05, 0.1) is 5.69 Å². The van der Waals surface area contributed by atoms with Crippen LogP contribution in [0.2, 0.25) is 0 Å². The molecule has 0 bridgehead atoms. The summed E-state index contributed by atoms with van der Waals surface area (Å²) in [5, 5.41) is 9.27. The number of piperidine rings is 1. The van der Waals surface area contributed by atoms with Crippen LogP contribution in [0, 0.1) is 5.82 Å². The van der Waals surface area contributed by atoms with Crippen molar-refractivity contribution in [2.45, 2.75) is 25.3 Å². The SMILES string of the molecule is Oc1ccc(N2CCC(Oc3ccc(OC(F)(F)F)cc3)CC2)c(F)c1. The molecule has 1 fully saturated rings. The lowest BCUT2D eigenvalue weighted by atomic mass is 10.1. The minimum Gasteiger partial charge on any atom is -0.508 e. The summed E-state index contributed by atoms with van der Waals surface area (Å²) in [6.45, 7) is 1.14. The molecular formula is C18H17F4NO3. The van der Waals surface area contributed by atoms with Gasteiger partial charge in [-0.05, 0) is 36.4 Å². The molecule has 2 aromatic rings. The van der Waals surface area contributed by atoms with E-state index in [-0.39, 0.29) is 17.6 Å². The van der Waals surface area contributed by atoms with Crippen molar-refractivity contribution >= 4 is 5.69 Å². The Labute approximate surface area is 147 Å². The van der Waals surface area contributed by atoms with Crippen molar-refractivity contribution in [3.63, 3.8) is 0 Å². The van der Waals surface area contributed by atoms with Crippen molar-refractivity contribution in [1.29, 1.82) is 0 Å². The molecule has 4 nitrogen and oxygen atoms in total. The third-order valence-electron chi connectivity index (χ3n) is 4.07. The zero-order chi connectivity index (χ0) is 18.7. The molecule has 1 saturated heterocycles. The number of benzene rings is 2. The number of ether oxygens (including phenoxy) is 2. The smallest absolute Gasteiger partial charge is 0.508 e. The van der Waals surface area contributed by atoms with Crippen molar-refractivity contribution < 1.29 is 32.1 Å². The van der Waals surface area contributed by atoms with Gasteiger partial charge in [-0.1, -0.05) is 0 Å². The Hall–Kier alpha value is -2.64. The Bertz CT molecular complexity index is 741. The highest BCUT2D eigenvalue weighted by Crippen LogP contribution is 2.29. The van der Waals surface area contributed by atoms with Crippen LogP contribution in [0.5, 0.6) is 17.2 Å². The Kier molecular flexibility index (Phi) is 5.11. The zero-order valence-corrected chi connectivity index (χ0v) is 13.7. The number of aromatic hydroxyl groups is 1. The van der Waals surface area contributed by atoms with Crippen molar-refractivity contribution in [3.05, 3.63) is 48.3 Å². The number of phenols is 1. The molecule has 1 heterocycles. The summed E-state index contributed by atoms with van der Waals surface area (Å²) in [6, 6.07) is 9.28. The van der Waals surface area contributed by atoms with Gasteiger partial charge in [-0.2, -0.15) is 0 Å². The van der Waals surface area contributed by atoms with E-state index in [2.05, 4.69) is 4.74 Å². The Morgan fingerprint density at radius 1 is 0.962 bits per heavy atom. The van der Waals surface area contributed by atoms with E-state index < -0.39 is 12.2 Å². The number of hydrogen-bond donors (Lipinski definition) is 1. The predicted octanol–water partition coefficient (Wildman–Crippen LogP) is 4.48. The molecule has 0 radical (unpaired) electrons. The van der Waals surface area contributed by atoms with Gasteiger partial charge >= 0.3 is 6.36 Å². The van der Waals surface area contributed by atoms with E-state index in [9.17, 15) is 22.7 Å². The molecule has 0 amide bonds. The summed E-state index contributed by atoms with van der Waals surface area (Å²) in [4.78, 5) is 1.87. The fourth-order valence-electron chi connectivity index (χ4n) is 2.88. The predicted molar refractivity (Wildman–Crippen MR) is 87.1 cm³/mol. The fraction of sp³-hybridized carbons (Fsp3) is 0.333. The van der Waals surface area contributed by atoms with Crippen molar-refractivity contribution in [2.24, 2.45) is 0 Å². The molecule has 8 heteroatoms. The van der Waals surface area contributed by atoms with Crippen LogP contribution < -0.4 is 14.4 Å². The maximum absolute atomic E-state index is 13.9. The Morgan fingerprint density at radius 2 is 1.58 bits per heavy atom. The third-order valence-corrected chi connectivity index (χ3v) is 4.07. The number of nitrogens with zero attached hydrogens (tertiary/aromatic N) is 1. The molecule has 0 aromatic heterocycles. The largest absolute Gasteiger partial charge is 0.573 e. The molecule has 0 unspecified atom stereocenters. The topological polar surface area (TPSA) is 41.9 Å². The van der Waals surface area contributed by atoms with E-state index in [0.29, 0.717) is 37.4 Å². The van der Waals surface area contributed by atoms with E-state index in [0.717, 1.165) is 6.07 Å². The second-order valence-electron chi connectivity index (χ2n) is 5.96. The molecule has 3 rings (SSSR count). The third kappa shape index (κ3) is 4.71. The van der Waals surface area contributed by atoms with Crippen LogP contribution in [-0.2, 0) is 0 Å². The number of anilines is 1. The first kappa shape index (κ1) is 18.2. The first-order chi connectivity index (χ1) is 12.3. The highest BCUT2D eigenvalue weighted by atomic mass is 19.4. The normalized spacial score (nSPS) is 15.8. The average molecular weight is 371 g/mol. The lowest BCUT2D eigenvalue weighted by Gasteiger charge is -2.33. The van der Waals surface area contributed by atoms with Gasteiger partial charge in [-0.25, -0.2) is 4.39 Å². The van der Waals surface area contributed by atoms with Crippen molar-refractivity contribution in [3.8, 4) is 17.2 Å². The molecule has 1 aliphatic rings. The lowest BCUT2D eigenvalue weighted by Crippen LogP contribution is -2.38. The molecule has 0 aliphatic carbocycles. The summed E-state index contributed by atoms with van der Waals surface area (Å²) in [7, 11) is 0. The summed E-state index contributed by atoms with van der Waals surface area (Å²) in [5.41, 5.74) is 0.426. The van der Waals surface area contributed by atoms with Crippen LogP contribution in [0.15, 0.2) is 42.5 Å². The van der Waals surface area contributed by atoms with Gasteiger partial charge in [-0.3, -0.25) is 0 Å². The van der Waals surface area contributed by atoms with Crippen LogP contribution in [-0.4, -0.2) is 30.7 Å². The van der Waals surface area contributed by atoms with Crippen LogP contribution in [0.4, 0.5) is 23.2 Å². The number of rotatable bonds is 4. The summed E-state index contributed by atoms with van der Waals surface area (Å²) >= 11 is 0. The van der Waals surface area contributed by atoms with Gasteiger partial charge < -0.3 is 19.5 Å². The van der Waals surface area contributed by atoms with E-state index in [1.165, 1.54) is 36.4 Å². The first-order valence-corrected chi connectivity index (χ1v) is 8.06. The molecule has 0 atom stereocenters. The second-order valence-corrected chi connectivity index (χ2v) is 5.96. The van der Waals surface area contributed by atoms with Gasteiger partial charge in [0.1, 0.15) is 29.2 Å². The molecular weight excluding hydrogens is 354 g/mol. The van der Waals surface area contributed by atoms with Crippen LogP contribution in [0.1, 0.15) is 12.8 Å². The van der Waals surface area contributed by atoms with Gasteiger partial charge in [0.15, 0.2) is 0 Å². The lowest BCUT2D eigenvalue weighted by molar-refractivity contribution is -0.274. The summed E-state index contributed by atoms with van der Waals surface area (Å²) in [6.07, 6.45) is -3.55. The van der Waals surface area contributed by atoms with Crippen LogP contribution >= 0.6 is 0 Å². The molecule has 1 aliphatic heterocycles. The maximum atomic E-state index is 13.9. The molecule has 26 heavy (non-hydrogen) atoms. The van der Waals surface area contributed by atoms with Crippen LogP contribution in [0.3, 0.4) is 0 Å². The second kappa shape index (κ2) is 7.31. The quantitative estimate of drug-likeness (QED) is 0.805. The number of hydrogen-bond acceptors (Lipinski definition) is 4. The molecule has 1 N–H and O–H groups in total. The fourth-order valence-corrected chi connectivity index (χ4v) is 2.88. The number of phenolic OH excluding ortho intramolecular Hbond substituents is 1. The van der Waals surface area contributed by atoms with E-state index in [1.54, 1.807) is 0 Å². The van der Waals surface area contributed by atoms with Gasteiger partial charge in [0.2, 0.25) is 0 Å². The molecule has 0 spiro atoms. The number of halogens is 4. The van der Waals surface area contributed by atoms with Gasteiger partial charge in [0, 0.05) is 32.0 Å². The highest BCUT2D eigenvalue weighted by Gasteiger charge is 2.31. The summed E-state index contributed by atoms with van der Waals surface area (Å²) < 4.78 is 59.9. The Morgan fingerprint density at radius 3 is 2.15 bits per heavy atom. The molecule has 0 saturated carbocycles. The van der Waals surface area contributed by atoms with Crippen LogP contribution in [0.25, 0.3) is 0 Å². The minimum atomic E-state index is -4.72. The maximum Gasteiger partial charge on any atom is 0.573 e. The van der Waals surface area contributed by atoms with Gasteiger partial charge in [-0.15, -0.1) is 13.2 Å². The standard InChI is InChI=1S/C18H17F4NO3/c19-16-11-12(24)1-6-17(16)23-9-7-14(8-10-23)25-13-2-4-15(5-3-13)26-18(20,21)22/h1-6,11,14,24H,7-10H2. The van der Waals surface area contributed by atoms with E-state index >= 15 is 0 Å². The van der Waals surface area contributed by atoms with Crippen molar-refractivity contribution in [1.82, 2.24) is 0 Å².